The summed E-state index contributed by atoms with van der Waals surface area (Å²) in [6.45, 7) is 11.9. The average Bonchev–Trinajstić information content (AvgIpc) is 2.50. The van der Waals surface area contributed by atoms with Gasteiger partial charge in [-0.05, 0) is 34.6 Å². The van der Waals surface area contributed by atoms with Gasteiger partial charge < -0.3 is 10.6 Å². The van der Waals surface area contributed by atoms with E-state index in [2.05, 4.69) is 48.4 Å². The van der Waals surface area contributed by atoms with Crippen molar-refractivity contribution in [3.63, 3.8) is 0 Å². The van der Waals surface area contributed by atoms with Gasteiger partial charge in [0.15, 0.2) is 5.96 Å². The van der Waals surface area contributed by atoms with Crippen LogP contribution in [0.15, 0.2) is 4.99 Å². The molecule has 0 aliphatic heterocycles. The highest BCUT2D eigenvalue weighted by Gasteiger charge is 2.09. The van der Waals surface area contributed by atoms with Crippen LogP contribution in [-0.4, -0.2) is 28.3 Å². The molecule has 0 amide bonds. The fourth-order valence-corrected chi connectivity index (χ4v) is 1.80. The molecule has 0 aliphatic carbocycles. The Balaban J connectivity index is 2.81. The summed E-state index contributed by atoms with van der Waals surface area (Å²) in [6.07, 6.45) is 0. The van der Waals surface area contributed by atoms with Crippen LogP contribution < -0.4 is 10.6 Å². The number of aromatic nitrogens is 2. The molecule has 1 rings (SSSR count). The van der Waals surface area contributed by atoms with Crippen molar-refractivity contribution in [3.8, 4) is 0 Å². The molecule has 1 heterocycles. The minimum atomic E-state index is 0.374. The van der Waals surface area contributed by atoms with Gasteiger partial charge in [0.2, 0.25) is 0 Å². The summed E-state index contributed by atoms with van der Waals surface area (Å²) in [4.78, 5) is 4.60. The third-order valence-electron chi connectivity index (χ3n) is 2.82. The topological polar surface area (TPSA) is 54.2 Å². The lowest BCUT2D eigenvalue weighted by Crippen LogP contribution is -2.41. The molecule has 0 saturated carbocycles. The smallest absolute Gasteiger partial charge is 0.191 e. The van der Waals surface area contributed by atoms with Crippen molar-refractivity contribution in [2.24, 2.45) is 12.0 Å². The van der Waals surface area contributed by atoms with Crippen molar-refractivity contribution in [1.82, 2.24) is 20.4 Å². The van der Waals surface area contributed by atoms with Gasteiger partial charge in [-0.2, -0.15) is 5.10 Å². The summed E-state index contributed by atoms with van der Waals surface area (Å²) < 4.78 is 1.91. The molecule has 0 spiro atoms. The van der Waals surface area contributed by atoms with Gasteiger partial charge in [0, 0.05) is 30.9 Å². The Kier molecular flexibility index (Phi) is 5.19. The first-order chi connectivity index (χ1) is 8.45. The lowest BCUT2D eigenvalue weighted by atomic mass is 10.2. The Morgan fingerprint density at radius 3 is 2.50 bits per heavy atom. The average molecular weight is 251 g/mol. The van der Waals surface area contributed by atoms with E-state index in [-0.39, 0.29) is 0 Å². The molecule has 5 heteroatoms. The molecule has 0 unspecified atom stereocenters. The fourth-order valence-electron chi connectivity index (χ4n) is 1.80. The molecular formula is C13H25N5. The van der Waals surface area contributed by atoms with Crippen molar-refractivity contribution < 1.29 is 0 Å². The quantitative estimate of drug-likeness (QED) is 0.630. The number of hydrogen-bond acceptors (Lipinski definition) is 2. The Labute approximate surface area is 110 Å². The van der Waals surface area contributed by atoms with Crippen LogP contribution in [0.25, 0.3) is 0 Å². The van der Waals surface area contributed by atoms with E-state index in [1.54, 1.807) is 0 Å². The van der Waals surface area contributed by atoms with Crippen LogP contribution in [0.5, 0.6) is 0 Å². The Morgan fingerprint density at radius 1 is 1.39 bits per heavy atom. The van der Waals surface area contributed by atoms with Crippen LogP contribution in [0.1, 0.15) is 37.7 Å². The summed E-state index contributed by atoms with van der Waals surface area (Å²) in [5.41, 5.74) is 3.44. The van der Waals surface area contributed by atoms with E-state index < -0.39 is 0 Å². The van der Waals surface area contributed by atoms with Gasteiger partial charge in [-0.1, -0.05) is 0 Å². The normalized spacial score (nSPS) is 12.1. The summed E-state index contributed by atoms with van der Waals surface area (Å²) in [5, 5.41) is 11.0. The molecule has 2 N–H and O–H groups in total. The molecular weight excluding hydrogens is 226 g/mol. The highest BCUT2D eigenvalue weighted by atomic mass is 15.3. The van der Waals surface area contributed by atoms with Gasteiger partial charge >= 0.3 is 0 Å². The minimum Gasteiger partial charge on any atom is -0.357 e. The molecule has 0 atom stereocenters. The van der Waals surface area contributed by atoms with Crippen LogP contribution in [-0.2, 0) is 13.6 Å². The Bertz CT molecular complexity index is 417. The van der Waals surface area contributed by atoms with Gasteiger partial charge in [0.05, 0.1) is 12.2 Å². The summed E-state index contributed by atoms with van der Waals surface area (Å²) in [5.74, 6) is 0.857. The third-order valence-corrected chi connectivity index (χ3v) is 2.82. The molecule has 18 heavy (non-hydrogen) atoms. The lowest BCUT2D eigenvalue weighted by molar-refractivity contribution is 0.700. The maximum absolute atomic E-state index is 4.60. The van der Waals surface area contributed by atoms with Gasteiger partial charge in [-0.25, -0.2) is 4.99 Å². The van der Waals surface area contributed by atoms with E-state index in [0.717, 1.165) is 18.2 Å². The number of guanidine groups is 1. The summed E-state index contributed by atoms with van der Waals surface area (Å²) in [6, 6.07) is 0.374. The highest BCUT2D eigenvalue weighted by Crippen LogP contribution is 2.12. The van der Waals surface area contributed by atoms with E-state index in [0.29, 0.717) is 12.6 Å². The second-order valence-electron chi connectivity index (χ2n) is 4.77. The first-order valence-electron chi connectivity index (χ1n) is 6.49. The van der Waals surface area contributed by atoms with Crippen LogP contribution in [0.3, 0.4) is 0 Å². The van der Waals surface area contributed by atoms with Crippen molar-refractivity contribution in [2.75, 3.05) is 6.54 Å². The fraction of sp³-hybridized carbons (Fsp3) is 0.692. The SMILES string of the molecule is CCNC(=NCc1c(C)nn(C)c1C)NC(C)C. The predicted octanol–water partition coefficient (Wildman–Crippen LogP) is 1.50. The van der Waals surface area contributed by atoms with Gasteiger partial charge in [-0.3, -0.25) is 4.68 Å². The number of hydrogen-bond donors (Lipinski definition) is 2. The number of aliphatic imine (C=N–C) groups is 1. The maximum atomic E-state index is 4.60. The first kappa shape index (κ1) is 14.5. The summed E-state index contributed by atoms with van der Waals surface area (Å²) in [7, 11) is 1.97. The molecule has 0 radical (unpaired) electrons. The molecule has 0 aliphatic rings. The highest BCUT2D eigenvalue weighted by molar-refractivity contribution is 5.80. The van der Waals surface area contributed by atoms with E-state index >= 15 is 0 Å². The standard InChI is InChI=1S/C13H25N5/c1-7-14-13(16-9(2)3)15-8-12-10(4)17-18(6)11(12)5/h9H,7-8H2,1-6H3,(H2,14,15,16). The largest absolute Gasteiger partial charge is 0.357 e. The molecule has 0 saturated heterocycles. The molecule has 0 aromatic carbocycles. The third kappa shape index (κ3) is 3.75. The van der Waals surface area contributed by atoms with Crippen LogP contribution in [0, 0.1) is 13.8 Å². The van der Waals surface area contributed by atoms with Crippen LogP contribution in [0.4, 0.5) is 0 Å². The second-order valence-corrected chi connectivity index (χ2v) is 4.77. The van der Waals surface area contributed by atoms with Gasteiger partial charge in [-0.15, -0.1) is 0 Å². The zero-order valence-corrected chi connectivity index (χ0v) is 12.3. The molecule has 0 fully saturated rings. The van der Waals surface area contributed by atoms with Gasteiger partial charge in [0.25, 0.3) is 0 Å². The number of nitrogens with zero attached hydrogens (tertiary/aromatic N) is 3. The van der Waals surface area contributed by atoms with Crippen molar-refractivity contribution in [2.45, 2.75) is 47.2 Å². The maximum Gasteiger partial charge on any atom is 0.191 e. The number of nitrogens with one attached hydrogen (secondary N) is 2. The molecule has 5 nitrogen and oxygen atoms in total. The van der Waals surface area contributed by atoms with E-state index in [1.165, 1.54) is 11.3 Å². The summed E-state index contributed by atoms with van der Waals surface area (Å²) >= 11 is 0. The first-order valence-corrected chi connectivity index (χ1v) is 6.49. The van der Waals surface area contributed by atoms with Crippen LogP contribution in [0.2, 0.25) is 0 Å². The van der Waals surface area contributed by atoms with Crippen LogP contribution >= 0.6 is 0 Å². The van der Waals surface area contributed by atoms with Crippen molar-refractivity contribution in [3.05, 3.63) is 17.0 Å². The van der Waals surface area contributed by atoms with E-state index in [9.17, 15) is 0 Å². The molecule has 1 aromatic rings. The number of aryl methyl sites for hydroxylation is 2. The lowest BCUT2D eigenvalue weighted by Gasteiger charge is -2.13. The Morgan fingerprint density at radius 2 is 2.06 bits per heavy atom. The zero-order chi connectivity index (χ0) is 13.7. The number of rotatable bonds is 4. The zero-order valence-electron chi connectivity index (χ0n) is 12.3. The molecule has 1 aromatic heterocycles. The monoisotopic (exact) mass is 251 g/mol. The molecule has 0 bridgehead atoms. The van der Waals surface area contributed by atoms with Crippen molar-refractivity contribution in [1.29, 1.82) is 0 Å². The van der Waals surface area contributed by atoms with E-state index in [1.807, 2.05) is 18.7 Å². The van der Waals surface area contributed by atoms with E-state index in [4.69, 9.17) is 0 Å². The predicted molar refractivity (Wildman–Crippen MR) is 75.8 cm³/mol. The van der Waals surface area contributed by atoms with Gasteiger partial charge in [0.1, 0.15) is 0 Å². The minimum absolute atomic E-state index is 0.374. The Hall–Kier alpha value is -1.52. The second kappa shape index (κ2) is 6.42. The molecule has 102 valence electrons. The van der Waals surface area contributed by atoms with Crippen molar-refractivity contribution >= 4 is 5.96 Å².